The van der Waals surface area contributed by atoms with Gasteiger partial charge in [-0.25, -0.2) is 0 Å². The second kappa shape index (κ2) is 8.06. The van der Waals surface area contributed by atoms with E-state index < -0.39 is 10.7 Å². The van der Waals surface area contributed by atoms with Crippen molar-refractivity contribution in [1.82, 2.24) is 19.6 Å². The molecule has 2 heterocycles. The van der Waals surface area contributed by atoms with Crippen LogP contribution >= 0.6 is 11.6 Å². The fourth-order valence-corrected chi connectivity index (χ4v) is 3.44. The molecular weight excluding hydrogens is 370 g/mol. The van der Waals surface area contributed by atoms with Gasteiger partial charge in [-0.1, -0.05) is 41.4 Å². The van der Waals surface area contributed by atoms with Crippen molar-refractivity contribution in [3.05, 3.63) is 56.2 Å². The Hall–Kier alpha value is -2.45. The number of nitro groups is 1. The smallest absolute Gasteiger partial charge is 0.358 e. The molecule has 27 heavy (non-hydrogen) atoms. The highest BCUT2D eigenvalue weighted by atomic mass is 35.5. The van der Waals surface area contributed by atoms with E-state index in [-0.39, 0.29) is 17.5 Å². The number of aromatic nitrogens is 2. The lowest BCUT2D eigenvalue weighted by Gasteiger charge is -2.34. The first-order chi connectivity index (χ1) is 12.8. The van der Waals surface area contributed by atoms with Gasteiger partial charge in [-0.2, -0.15) is 4.68 Å². The number of carbonyl (C=O) groups is 1. The molecule has 0 N–H and O–H groups in total. The van der Waals surface area contributed by atoms with E-state index in [0.29, 0.717) is 18.8 Å². The number of halogens is 1. The van der Waals surface area contributed by atoms with Crippen LogP contribution in [0.25, 0.3) is 0 Å². The van der Waals surface area contributed by atoms with Gasteiger partial charge in [-0.05, 0) is 24.3 Å². The predicted octanol–water partition coefficient (Wildman–Crippen LogP) is 2.41. The molecule has 1 aliphatic heterocycles. The monoisotopic (exact) mass is 391 g/mol. The summed E-state index contributed by atoms with van der Waals surface area (Å²) in [6, 6.07) is 8.42. The number of amides is 1. The number of rotatable bonds is 5. The first kappa shape index (κ1) is 19.3. The molecule has 1 aromatic heterocycles. The van der Waals surface area contributed by atoms with Gasteiger partial charge in [-0.3, -0.25) is 9.69 Å². The fourth-order valence-electron chi connectivity index (χ4n) is 3.23. The molecule has 3 rings (SSSR count). The summed E-state index contributed by atoms with van der Waals surface area (Å²) in [6.07, 6.45) is 0. The molecule has 0 unspecified atom stereocenters. The van der Waals surface area contributed by atoms with E-state index in [1.807, 2.05) is 0 Å². The lowest BCUT2D eigenvalue weighted by molar-refractivity contribution is -0.389. The first-order valence-electron chi connectivity index (χ1n) is 8.78. The molecule has 0 bridgehead atoms. The first-order valence-corrected chi connectivity index (χ1v) is 9.16. The lowest BCUT2D eigenvalue weighted by Crippen LogP contribution is -2.49. The lowest BCUT2D eigenvalue weighted by atomic mass is 10.1. The average Bonchev–Trinajstić information content (AvgIpc) is 2.91. The van der Waals surface area contributed by atoms with Crippen LogP contribution in [0.4, 0.5) is 5.82 Å². The van der Waals surface area contributed by atoms with Gasteiger partial charge in [0.05, 0.1) is 10.8 Å². The second-order valence-electron chi connectivity index (χ2n) is 6.78. The molecule has 1 aromatic carbocycles. The summed E-state index contributed by atoms with van der Waals surface area (Å²) in [4.78, 5) is 26.9. The third-order valence-corrected chi connectivity index (χ3v) is 5.23. The number of hydrogen-bond acceptors (Lipinski definition) is 5. The standard InChI is InChI=1S/C18H22ClN5O3/c1-13-4-3-5-15(10-13)11-21-6-8-22(9-7-21)16(25)12-23-14(2)17(19)18(20-23)24(26)27/h3-5,10H,6-9,11-12H2,1-2H3. The molecule has 9 heteroatoms. The van der Waals surface area contributed by atoms with Crippen molar-refractivity contribution < 1.29 is 9.72 Å². The Kier molecular flexibility index (Phi) is 5.76. The van der Waals surface area contributed by atoms with E-state index in [0.717, 1.165) is 19.6 Å². The van der Waals surface area contributed by atoms with Gasteiger partial charge >= 0.3 is 5.82 Å². The molecular formula is C18H22ClN5O3. The highest BCUT2D eigenvalue weighted by Gasteiger charge is 2.27. The molecule has 8 nitrogen and oxygen atoms in total. The quantitative estimate of drug-likeness (QED) is 0.577. The maximum absolute atomic E-state index is 12.6. The van der Waals surface area contributed by atoms with Crippen LogP contribution in [0.1, 0.15) is 16.8 Å². The minimum Gasteiger partial charge on any atom is -0.358 e. The molecule has 0 atom stereocenters. The number of aryl methyl sites for hydroxylation is 1. The Bertz CT molecular complexity index is 859. The SMILES string of the molecule is Cc1cccc(CN2CCN(C(=O)Cn3nc([N+](=O)[O-])c(Cl)c3C)CC2)c1. The van der Waals surface area contributed by atoms with Crippen LogP contribution in [0, 0.1) is 24.0 Å². The Labute approximate surface area is 162 Å². The van der Waals surface area contributed by atoms with E-state index >= 15 is 0 Å². The van der Waals surface area contributed by atoms with Gasteiger partial charge in [0, 0.05) is 32.7 Å². The second-order valence-corrected chi connectivity index (χ2v) is 7.16. The summed E-state index contributed by atoms with van der Waals surface area (Å²) >= 11 is 5.93. The van der Waals surface area contributed by atoms with Crippen molar-refractivity contribution in [2.45, 2.75) is 26.9 Å². The van der Waals surface area contributed by atoms with Crippen molar-refractivity contribution >= 4 is 23.3 Å². The Morgan fingerprint density at radius 1 is 1.26 bits per heavy atom. The van der Waals surface area contributed by atoms with Gasteiger partial charge in [0.15, 0.2) is 5.02 Å². The third kappa shape index (κ3) is 4.45. The molecule has 144 valence electrons. The van der Waals surface area contributed by atoms with Crippen LogP contribution in [0.3, 0.4) is 0 Å². The zero-order valence-electron chi connectivity index (χ0n) is 15.4. The van der Waals surface area contributed by atoms with E-state index in [9.17, 15) is 14.9 Å². The highest BCUT2D eigenvalue weighted by molar-refractivity contribution is 6.33. The van der Waals surface area contributed by atoms with Gasteiger partial charge in [0.2, 0.25) is 5.91 Å². The number of benzene rings is 1. The number of hydrogen-bond donors (Lipinski definition) is 0. The maximum atomic E-state index is 12.6. The van der Waals surface area contributed by atoms with E-state index in [1.54, 1.807) is 11.8 Å². The van der Waals surface area contributed by atoms with Crippen molar-refractivity contribution in [3.8, 4) is 0 Å². The molecule has 1 fully saturated rings. The summed E-state index contributed by atoms with van der Waals surface area (Å²) in [7, 11) is 0. The van der Waals surface area contributed by atoms with Gasteiger partial charge in [0.1, 0.15) is 6.54 Å². The van der Waals surface area contributed by atoms with Gasteiger partial charge < -0.3 is 15.0 Å². The number of nitrogens with zero attached hydrogens (tertiary/aromatic N) is 5. The van der Waals surface area contributed by atoms with Crippen LogP contribution in [0.5, 0.6) is 0 Å². The number of piperazine rings is 1. The van der Waals surface area contributed by atoms with Gasteiger partial charge in [-0.15, -0.1) is 0 Å². The molecule has 0 aliphatic carbocycles. The zero-order chi connectivity index (χ0) is 19.6. The van der Waals surface area contributed by atoms with Gasteiger partial charge in [0.25, 0.3) is 0 Å². The molecule has 0 spiro atoms. The molecule has 2 aromatic rings. The Morgan fingerprint density at radius 2 is 1.96 bits per heavy atom. The van der Waals surface area contributed by atoms with Crippen LogP contribution in [-0.4, -0.2) is 56.6 Å². The van der Waals surface area contributed by atoms with Crippen LogP contribution in [0.15, 0.2) is 24.3 Å². The van der Waals surface area contributed by atoms with Crippen molar-refractivity contribution in [1.29, 1.82) is 0 Å². The third-order valence-electron chi connectivity index (χ3n) is 4.79. The summed E-state index contributed by atoms with van der Waals surface area (Å²) < 4.78 is 1.31. The summed E-state index contributed by atoms with van der Waals surface area (Å²) in [5.41, 5.74) is 2.93. The van der Waals surface area contributed by atoms with E-state index in [2.05, 4.69) is 41.2 Å². The Morgan fingerprint density at radius 3 is 2.56 bits per heavy atom. The minimum absolute atomic E-state index is 0.0178. The van der Waals surface area contributed by atoms with Crippen molar-refractivity contribution in [2.75, 3.05) is 26.2 Å². The van der Waals surface area contributed by atoms with Crippen LogP contribution in [0.2, 0.25) is 5.02 Å². The van der Waals surface area contributed by atoms with Crippen LogP contribution in [-0.2, 0) is 17.9 Å². The van der Waals surface area contributed by atoms with Crippen LogP contribution < -0.4 is 0 Å². The fraction of sp³-hybridized carbons (Fsp3) is 0.444. The van der Waals surface area contributed by atoms with E-state index in [4.69, 9.17) is 11.6 Å². The normalized spacial score (nSPS) is 15.1. The summed E-state index contributed by atoms with van der Waals surface area (Å²) in [5.74, 6) is -0.521. The molecule has 0 radical (unpaired) electrons. The van der Waals surface area contributed by atoms with E-state index in [1.165, 1.54) is 15.8 Å². The molecule has 0 saturated carbocycles. The maximum Gasteiger partial charge on any atom is 0.408 e. The predicted molar refractivity (Wildman–Crippen MR) is 102 cm³/mol. The molecule has 1 amide bonds. The zero-order valence-corrected chi connectivity index (χ0v) is 16.1. The molecule has 1 aliphatic rings. The van der Waals surface area contributed by atoms with Crippen molar-refractivity contribution in [2.24, 2.45) is 0 Å². The molecule has 1 saturated heterocycles. The summed E-state index contributed by atoms with van der Waals surface area (Å²) in [6.45, 7) is 7.35. The summed E-state index contributed by atoms with van der Waals surface area (Å²) in [5, 5.41) is 14.8. The highest BCUT2D eigenvalue weighted by Crippen LogP contribution is 2.26. The Balaban J connectivity index is 1.56. The topological polar surface area (TPSA) is 84.5 Å². The largest absolute Gasteiger partial charge is 0.408 e. The average molecular weight is 392 g/mol. The minimum atomic E-state index is -0.639. The van der Waals surface area contributed by atoms with Crippen molar-refractivity contribution in [3.63, 3.8) is 0 Å². The number of carbonyl (C=O) groups excluding carboxylic acids is 1.